The fourth-order valence-corrected chi connectivity index (χ4v) is 2.50. The molecule has 0 amide bonds. The Balaban J connectivity index is 2.19. The number of likely N-dealkylation sites (tertiary alicyclic amines) is 1. The minimum Gasteiger partial charge on any atom is -0.284 e. The fourth-order valence-electron chi connectivity index (χ4n) is 2.50. The highest BCUT2D eigenvalue weighted by Crippen LogP contribution is 2.26. The van der Waals surface area contributed by atoms with Crippen molar-refractivity contribution in [1.29, 1.82) is 5.26 Å². The van der Waals surface area contributed by atoms with Crippen molar-refractivity contribution in [2.45, 2.75) is 25.8 Å². The average molecular weight is 232 g/mol. The second-order valence-corrected chi connectivity index (χ2v) is 4.83. The zero-order chi connectivity index (χ0) is 12.3. The number of hydrogen-bond acceptors (Lipinski definition) is 2. The zero-order valence-electron chi connectivity index (χ0n) is 10.1. The van der Waals surface area contributed by atoms with Crippen molar-refractivity contribution in [2.24, 2.45) is 5.92 Å². The first-order chi connectivity index (χ1) is 8.20. The summed E-state index contributed by atoms with van der Waals surface area (Å²) in [5, 5.41) is 9.29. The lowest BCUT2D eigenvalue weighted by atomic mass is 9.96. The van der Waals surface area contributed by atoms with Gasteiger partial charge in [-0.15, -0.1) is 0 Å². The molecule has 0 bridgehead atoms. The predicted octanol–water partition coefficient (Wildman–Crippen LogP) is 3.12. The van der Waals surface area contributed by atoms with Gasteiger partial charge in [0.2, 0.25) is 0 Å². The first-order valence-corrected chi connectivity index (χ1v) is 6.10. The van der Waals surface area contributed by atoms with Gasteiger partial charge in [-0.2, -0.15) is 5.26 Å². The SMILES string of the molecule is CC1CCCN(C(C#N)c2cccc(F)c2)C1. The first-order valence-electron chi connectivity index (χ1n) is 6.10. The summed E-state index contributed by atoms with van der Waals surface area (Å²) in [6.07, 6.45) is 2.34. The number of benzene rings is 1. The van der Waals surface area contributed by atoms with Gasteiger partial charge in [0.1, 0.15) is 11.9 Å². The van der Waals surface area contributed by atoms with Crippen LogP contribution in [0, 0.1) is 23.1 Å². The van der Waals surface area contributed by atoms with Gasteiger partial charge in [-0.1, -0.05) is 19.1 Å². The average Bonchev–Trinajstić information content (AvgIpc) is 2.30. The van der Waals surface area contributed by atoms with Crippen LogP contribution in [0.5, 0.6) is 0 Å². The van der Waals surface area contributed by atoms with E-state index < -0.39 is 0 Å². The molecule has 1 heterocycles. The molecule has 0 N–H and O–H groups in total. The molecule has 1 aliphatic heterocycles. The molecule has 3 heteroatoms. The summed E-state index contributed by atoms with van der Waals surface area (Å²) < 4.78 is 13.2. The minimum absolute atomic E-state index is 0.271. The summed E-state index contributed by atoms with van der Waals surface area (Å²) in [5.41, 5.74) is 0.765. The standard InChI is InChI=1S/C14H17FN2/c1-11-4-3-7-17(10-11)14(9-16)12-5-2-6-13(15)8-12/h2,5-6,8,11,14H,3-4,7,10H2,1H3. The van der Waals surface area contributed by atoms with Crippen molar-refractivity contribution in [3.05, 3.63) is 35.6 Å². The van der Waals surface area contributed by atoms with Crippen LogP contribution in [-0.4, -0.2) is 18.0 Å². The Morgan fingerprint density at radius 2 is 2.35 bits per heavy atom. The second kappa shape index (κ2) is 5.29. The molecule has 0 spiro atoms. The van der Waals surface area contributed by atoms with Crippen molar-refractivity contribution < 1.29 is 4.39 Å². The summed E-state index contributed by atoms with van der Waals surface area (Å²) in [7, 11) is 0. The molecule has 2 nitrogen and oxygen atoms in total. The number of halogens is 1. The predicted molar refractivity (Wildman–Crippen MR) is 64.7 cm³/mol. The van der Waals surface area contributed by atoms with E-state index in [1.807, 2.05) is 6.07 Å². The van der Waals surface area contributed by atoms with E-state index in [2.05, 4.69) is 17.9 Å². The molecule has 1 aliphatic rings. The molecule has 1 saturated heterocycles. The molecule has 17 heavy (non-hydrogen) atoms. The molecule has 1 fully saturated rings. The van der Waals surface area contributed by atoms with Crippen LogP contribution in [0.1, 0.15) is 31.4 Å². The lowest BCUT2D eigenvalue weighted by Gasteiger charge is -2.34. The van der Waals surface area contributed by atoms with E-state index >= 15 is 0 Å². The smallest absolute Gasteiger partial charge is 0.123 e. The molecule has 0 aromatic heterocycles. The van der Waals surface area contributed by atoms with Crippen molar-refractivity contribution >= 4 is 0 Å². The van der Waals surface area contributed by atoms with E-state index in [0.29, 0.717) is 5.92 Å². The quantitative estimate of drug-likeness (QED) is 0.783. The van der Waals surface area contributed by atoms with Gasteiger partial charge >= 0.3 is 0 Å². The molecule has 0 aliphatic carbocycles. The second-order valence-electron chi connectivity index (χ2n) is 4.83. The van der Waals surface area contributed by atoms with Gasteiger partial charge in [0.15, 0.2) is 0 Å². The third-order valence-electron chi connectivity index (χ3n) is 3.34. The van der Waals surface area contributed by atoms with E-state index in [0.717, 1.165) is 25.1 Å². The largest absolute Gasteiger partial charge is 0.284 e. The maximum Gasteiger partial charge on any atom is 0.123 e. The maximum atomic E-state index is 13.2. The van der Waals surface area contributed by atoms with Crippen molar-refractivity contribution in [3.8, 4) is 6.07 Å². The molecule has 2 unspecified atom stereocenters. The highest BCUT2D eigenvalue weighted by atomic mass is 19.1. The highest BCUT2D eigenvalue weighted by Gasteiger charge is 2.25. The van der Waals surface area contributed by atoms with Crippen molar-refractivity contribution in [3.63, 3.8) is 0 Å². The monoisotopic (exact) mass is 232 g/mol. The number of piperidine rings is 1. The molecule has 90 valence electrons. The van der Waals surface area contributed by atoms with Gasteiger partial charge in [-0.05, 0) is 43.0 Å². The molecule has 0 radical (unpaired) electrons. The van der Waals surface area contributed by atoms with Gasteiger partial charge in [-0.25, -0.2) is 4.39 Å². The molecule has 1 aromatic carbocycles. The van der Waals surface area contributed by atoms with Crippen LogP contribution in [0.2, 0.25) is 0 Å². The Labute approximate surface area is 102 Å². The summed E-state index contributed by atoms with van der Waals surface area (Å²) >= 11 is 0. The van der Waals surface area contributed by atoms with E-state index in [4.69, 9.17) is 0 Å². The Kier molecular flexibility index (Phi) is 3.75. The number of nitrogens with zero attached hydrogens (tertiary/aromatic N) is 2. The Hall–Kier alpha value is -1.40. The normalized spacial score (nSPS) is 23.0. The van der Waals surface area contributed by atoms with E-state index in [1.165, 1.54) is 18.6 Å². The summed E-state index contributed by atoms with van der Waals surface area (Å²) in [6, 6.07) is 8.36. The Bertz CT molecular complexity index is 424. The molecule has 0 saturated carbocycles. The van der Waals surface area contributed by atoms with Gasteiger partial charge in [0, 0.05) is 6.54 Å². The van der Waals surface area contributed by atoms with Crippen LogP contribution in [0.3, 0.4) is 0 Å². The third-order valence-corrected chi connectivity index (χ3v) is 3.34. The van der Waals surface area contributed by atoms with Crippen molar-refractivity contribution in [1.82, 2.24) is 4.90 Å². The minimum atomic E-state index is -0.312. The van der Waals surface area contributed by atoms with E-state index in [-0.39, 0.29) is 11.9 Å². The van der Waals surface area contributed by atoms with Crippen LogP contribution in [-0.2, 0) is 0 Å². The number of rotatable bonds is 2. The summed E-state index contributed by atoms with van der Waals surface area (Å²) in [5.74, 6) is 0.348. The Morgan fingerprint density at radius 3 is 3.00 bits per heavy atom. The van der Waals surface area contributed by atoms with Crippen LogP contribution < -0.4 is 0 Å². The molecule has 2 atom stereocenters. The van der Waals surface area contributed by atoms with Gasteiger partial charge in [0.05, 0.1) is 6.07 Å². The Morgan fingerprint density at radius 1 is 1.53 bits per heavy atom. The van der Waals surface area contributed by atoms with Gasteiger partial charge in [-0.3, -0.25) is 4.90 Å². The molecule has 1 aromatic rings. The van der Waals surface area contributed by atoms with Gasteiger partial charge in [0.25, 0.3) is 0 Å². The number of nitriles is 1. The molecular formula is C14H17FN2. The third kappa shape index (κ3) is 2.83. The van der Waals surface area contributed by atoms with E-state index in [9.17, 15) is 9.65 Å². The zero-order valence-corrected chi connectivity index (χ0v) is 10.1. The lowest BCUT2D eigenvalue weighted by Crippen LogP contribution is -2.36. The van der Waals surface area contributed by atoms with Crippen LogP contribution in [0.25, 0.3) is 0 Å². The van der Waals surface area contributed by atoms with E-state index in [1.54, 1.807) is 6.07 Å². The van der Waals surface area contributed by atoms with Gasteiger partial charge < -0.3 is 0 Å². The number of hydrogen-bond donors (Lipinski definition) is 0. The molecule has 2 rings (SSSR count). The summed E-state index contributed by atoms with van der Waals surface area (Å²) in [4.78, 5) is 2.16. The van der Waals surface area contributed by atoms with Crippen molar-refractivity contribution in [2.75, 3.05) is 13.1 Å². The van der Waals surface area contributed by atoms with Crippen LogP contribution in [0.4, 0.5) is 4.39 Å². The summed E-state index contributed by atoms with van der Waals surface area (Å²) in [6.45, 7) is 4.06. The first kappa shape index (κ1) is 12.1. The topological polar surface area (TPSA) is 27.0 Å². The highest BCUT2D eigenvalue weighted by molar-refractivity contribution is 5.25. The maximum absolute atomic E-state index is 13.2. The lowest BCUT2D eigenvalue weighted by molar-refractivity contribution is 0.156. The van der Waals surface area contributed by atoms with Crippen LogP contribution >= 0.6 is 0 Å². The molecular weight excluding hydrogens is 215 g/mol. The van der Waals surface area contributed by atoms with Crippen LogP contribution in [0.15, 0.2) is 24.3 Å². The fraction of sp³-hybridized carbons (Fsp3) is 0.500.